The molecule has 0 saturated carbocycles. The smallest absolute Gasteiger partial charge is 0.145 e. The zero-order valence-corrected chi connectivity index (χ0v) is 29.1. The lowest BCUT2D eigenvalue weighted by Gasteiger charge is -2.24. The molecule has 248 valence electrons. The number of nitrogens with zero attached hydrogens (tertiary/aromatic N) is 2. The standard InChI is InChI=1S/C47H37FN2O/c1-28(2)38-26-35(30-10-6-5-7-11-30)27-39(29(3)4)45(38)50-46-37-13-9-8-12-32(37)16-21-42(46)49-47(50)34-18-23-44-41(25-34)40-24-33(17-22-43(40)51-44)31-14-19-36(48)20-15-31/h5-29H,1-4H3. The quantitative estimate of drug-likeness (QED) is 0.177. The van der Waals surface area contributed by atoms with Gasteiger partial charge in [-0.2, -0.15) is 0 Å². The summed E-state index contributed by atoms with van der Waals surface area (Å²) in [6, 6.07) is 47.6. The van der Waals surface area contributed by atoms with E-state index in [-0.39, 0.29) is 17.7 Å². The van der Waals surface area contributed by atoms with Crippen LogP contribution < -0.4 is 0 Å². The normalized spacial score (nSPS) is 12.0. The van der Waals surface area contributed by atoms with Gasteiger partial charge in [0.2, 0.25) is 0 Å². The van der Waals surface area contributed by atoms with Gasteiger partial charge in [0.1, 0.15) is 22.8 Å². The molecule has 0 atom stereocenters. The molecule has 0 aliphatic carbocycles. The molecule has 0 bridgehead atoms. The molecular weight excluding hydrogens is 628 g/mol. The number of hydrogen-bond donors (Lipinski definition) is 0. The van der Waals surface area contributed by atoms with Crippen LogP contribution in [-0.2, 0) is 0 Å². The summed E-state index contributed by atoms with van der Waals surface area (Å²) < 4.78 is 22.5. The first-order valence-electron chi connectivity index (χ1n) is 17.7. The number of aromatic nitrogens is 2. The maximum absolute atomic E-state index is 13.8. The number of rotatable bonds is 6. The van der Waals surface area contributed by atoms with Crippen molar-refractivity contribution in [3.8, 4) is 39.3 Å². The van der Waals surface area contributed by atoms with Gasteiger partial charge in [-0.1, -0.05) is 107 Å². The highest BCUT2D eigenvalue weighted by Gasteiger charge is 2.25. The van der Waals surface area contributed by atoms with Crippen molar-refractivity contribution in [2.24, 2.45) is 0 Å². The molecule has 0 aliphatic rings. The second-order valence-corrected chi connectivity index (χ2v) is 14.1. The van der Waals surface area contributed by atoms with Gasteiger partial charge in [-0.3, -0.25) is 4.57 Å². The van der Waals surface area contributed by atoms with Gasteiger partial charge < -0.3 is 4.42 Å². The summed E-state index contributed by atoms with van der Waals surface area (Å²) in [5.74, 6) is 1.16. The summed E-state index contributed by atoms with van der Waals surface area (Å²) in [4.78, 5) is 5.43. The Morgan fingerprint density at radius 2 is 1.12 bits per heavy atom. The highest BCUT2D eigenvalue weighted by molar-refractivity contribution is 6.09. The maximum atomic E-state index is 13.8. The molecule has 2 aromatic heterocycles. The Morgan fingerprint density at radius 1 is 0.529 bits per heavy atom. The Balaban J connectivity index is 1.35. The average molecular weight is 665 g/mol. The van der Waals surface area contributed by atoms with Gasteiger partial charge in [-0.25, -0.2) is 9.37 Å². The van der Waals surface area contributed by atoms with E-state index in [2.05, 4.69) is 135 Å². The first-order valence-corrected chi connectivity index (χ1v) is 17.7. The van der Waals surface area contributed by atoms with Gasteiger partial charge in [-0.15, -0.1) is 0 Å². The Kier molecular flexibility index (Phi) is 7.36. The van der Waals surface area contributed by atoms with E-state index in [4.69, 9.17) is 9.40 Å². The van der Waals surface area contributed by atoms with Crippen molar-refractivity contribution in [1.82, 2.24) is 9.55 Å². The van der Waals surface area contributed by atoms with E-state index in [1.54, 1.807) is 0 Å². The molecule has 51 heavy (non-hydrogen) atoms. The van der Waals surface area contributed by atoms with Crippen molar-refractivity contribution >= 4 is 43.7 Å². The Bertz CT molecular complexity index is 2720. The van der Waals surface area contributed by atoms with Crippen LogP contribution in [0.5, 0.6) is 0 Å². The SMILES string of the molecule is CC(C)c1cc(-c2ccccc2)cc(C(C)C)c1-n1c(-c2ccc3oc4ccc(-c5ccc(F)cc5)cc4c3c2)nc2ccc3ccccc3c21. The van der Waals surface area contributed by atoms with Crippen molar-refractivity contribution in [3.05, 3.63) is 156 Å². The van der Waals surface area contributed by atoms with E-state index in [0.717, 1.165) is 55.5 Å². The van der Waals surface area contributed by atoms with Crippen LogP contribution in [-0.4, -0.2) is 9.55 Å². The summed E-state index contributed by atoms with van der Waals surface area (Å²) in [7, 11) is 0. The zero-order valence-electron chi connectivity index (χ0n) is 29.1. The van der Waals surface area contributed by atoms with Crippen LogP contribution in [0, 0.1) is 5.82 Å². The van der Waals surface area contributed by atoms with Gasteiger partial charge in [0, 0.05) is 21.7 Å². The van der Waals surface area contributed by atoms with Crippen molar-refractivity contribution in [2.45, 2.75) is 39.5 Å². The summed E-state index contributed by atoms with van der Waals surface area (Å²) >= 11 is 0. The first kappa shape index (κ1) is 31.0. The van der Waals surface area contributed by atoms with Crippen LogP contribution in [0.4, 0.5) is 4.39 Å². The molecule has 7 aromatic carbocycles. The topological polar surface area (TPSA) is 31.0 Å². The predicted octanol–water partition coefficient (Wildman–Crippen LogP) is 13.5. The molecule has 9 aromatic rings. The largest absolute Gasteiger partial charge is 0.456 e. The van der Waals surface area contributed by atoms with Crippen LogP contribution in [0.3, 0.4) is 0 Å². The molecule has 0 spiro atoms. The minimum Gasteiger partial charge on any atom is -0.456 e. The second kappa shape index (κ2) is 12.1. The van der Waals surface area contributed by atoms with Crippen LogP contribution >= 0.6 is 0 Å². The second-order valence-electron chi connectivity index (χ2n) is 14.1. The van der Waals surface area contributed by atoms with Crippen LogP contribution in [0.2, 0.25) is 0 Å². The fourth-order valence-electron chi connectivity index (χ4n) is 7.60. The molecule has 3 nitrogen and oxygen atoms in total. The van der Waals surface area contributed by atoms with Gasteiger partial charge in [0.15, 0.2) is 0 Å². The molecular formula is C47H37FN2O. The number of furan rings is 1. The van der Waals surface area contributed by atoms with Crippen LogP contribution in [0.15, 0.2) is 144 Å². The van der Waals surface area contributed by atoms with E-state index < -0.39 is 0 Å². The lowest BCUT2D eigenvalue weighted by Crippen LogP contribution is -2.09. The molecule has 0 radical (unpaired) electrons. The van der Waals surface area contributed by atoms with E-state index >= 15 is 0 Å². The van der Waals surface area contributed by atoms with Crippen molar-refractivity contribution in [1.29, 1.82) is 0 Å². The van der Waals surface area contributed by atoms with E-state index in [1.165, 1.54) is 50.8 Å². The zero-order chi connectivity index (χ0) is 34.8. The first-order chi connectivity index (χ1) is 24.8. The summed E-state index contributed by atoms with van der Waals surface area (Å²) in [6.07, 6.45) is 0. The lowest BCUT2D eigenvalue weighted by molar-refractivity contribution is 0.628. The van der Waals surface area contributed by atoms with E-state index in [9.17, 15) is 4.39 Å². The molecule has 0 saturated heterocycles. The Hall–Kier alpha value is -6.00. The highest BCUT2D eigenvalue weighted by atomic mass is 19.1. The molecule has 0 fully saturated rings. The summed E-state index contributed by atoms with van der Waals surface area (Å²) in [5.41, 5.74) is 12.9. The third-order valence-electron chi connectivity index (χ3n) is 10.2. The fourth-order valence-corrected chi connectivity index (χ4v) is 7.60. The molecule has 0 aliphatic heterocycles. The molecule has 0 N–H and O–H groups in total. The monoisotopic (exact) mass is 664 g/mol. The number of imidazole rings is 1. The van der Waals surface area contributed by atoms with Gasteiger partial charge in [0.25, 0.3) is 0 Å². The molecule has 2 heterocycles. The average Bonchev–Trinajstić information content (AvgIpc) is 3.73. The van der Waals surface area contributed by atoms with Gasteiger partial charge in [-0.05, 0) is 111 Å². The number of fused-ring (bicyclic) bond motifs is 6. The maximum Gasteiger partial charge on any atom is 0.145 e. The number of halogens is 1. The van der Waals surface area contributed by atoms with Crippen LogP contribution in [0.1, 0.15) is 50.7 Å². The van der Waals surface area contributed by atoms with Crippen LogP contribution in [0.25, 0.3) is 83.1 Å². The van der Waals surface area contributed by atoms with E-state index in [1.807, 2.05) is 24.3 Å². The highest BCUT2D eigenvalue weighted by Crippen LogP contribution is 2.43. The fraction of sp³-hybridized carbons (Fsp3) is 0.128. The molecule has 0 amide bonds. The summed E-state index contributed by atoms with van der Waals surface area (Å²) in [5, 5.41) is 4.38. The molecule has 9 rings (SSSR count). The third kappa shape index (κ3) is 5.21. The minimum atomic E-state index is -0.246. The molecule has 4 heteroatoms. The summed E-state index contributed by atoms with van der Waals surface area (Å²) in [6.45, 7) is 9.15. The van der Waals surface area contributed by atoms with E-state index in [0.29, 0.717) is 0 Å². The Labute approximate surface area is 296 Å². The Morgan fingerprint density at radius 3 is 1.80 bits per heavy atom. The number of benzene rings is 7. The third-order valence-corrected chi connectivity index (χ3v) is 10.2. The molecule has 0 unspecified atom stereocenters. The van der Waals surface area contributed by atoms with Crippen molar-refractivity contribution < 1.29 is 8.81 Å². The van der Waals surface area contributed by atoms with Crippen molar-refractivity contribution in [2.75, 3.05) is 0 Å². The minimum absolute atomic E-state index is 0.246. The van der Waals surface area contributed by atoms with Gasteiger partial charge >= 0.3 is 0 Å². The predicted molar refractivity (Wildman–Crippen MR) is 210 cm³/mol. The lowest BCUT2D eigenvalue weighted by atomic mass is 9.88. The van der Waals surface area contributed by atoms with Gasteiger partial charge in [0.05, 0.1) is 16.7 Å². The number of hydrogen-bond acceptors (Lipinski definition) is 2. The van der Waals surface area contributed by atoms with Crippen molar-refractivity contribution in [3.63, 3.8) is 0 Å².